The first-order chi connectivity index (χ1) is 10.2. The van der Waals surface area contributed by atoms with Crippen molar-refractivity contribution in [2.45, 2.75) is 22.3 Å². The Bertz CT molecular complexity index is 657. The van der Waals surface area contributed by atoms with Crippen molar-refractivity contribution in [3.63, 3.8) is 0 Å². The van der Waals surface area contributed by atoms with Gasteiger partial charge in [0.25, 0.3) is 0 Å². The number of ketones is 1. The summed E-state index contributed by atoms with van der Waals surface area (Å²) in [7, 11) is -1.22. The summed E-state index contributed by atoms with van der Waals surface area (Å²) in [6.07, 6.45) is 0.244. The van der Waals surface area contributed by atoms with Gasteiger partial charge in [0.15, 0.2) is 5.78 Å². The average Bonchev–Trinajstić information content (AvgIpc) is 2.53. The van der Waals surface area contributed by atoms with Gasteiger partial charge in [-0.15, -0.1) is 11.6 Å². The summed E-state index contributed by atoms with van der Waals surface area (Å²) in [6, 6.07) is 19.0. The molecule has 3 rings (SSSR count). The Morgan fingerprint density at radius 3 is 2.00 bits per heavy atom. The maximum Gasteiger partial charge on any atom is 0.153 e. The smallest absolute Gasteiger partial charge is 0.153 e. The van der Waals surface area contributed by atoms with Crippen LogP contribution in [0.15, 0.2) is 60.7 Å². The molecule has 2 nitrogen and oxygen atoms in total. The van der Waals surface area contributed by atoms with Gasteiger partial charge in [0.2, 0.25) is 0 Å². The second-order valence-corrected chi connectivity index (χ2v) is 7.34. The Morgan fingerprint density at radius 2 is 1.43 bits per heavy atom. The standard InChI is InChI=1S/C17H15ClO2S/c18-16-14(19)11-15(12-7-3-1-4-8-12)21(20)17(16)13-9-5-2-6-10-13/h1-10,15-17H,11H2. The van der Waals surface area contributed by atoms with Gasteiger partial charge in [0.05, 0.1) is 10.5 Å². The number of benzene rings is 2. The normalized spacial score (nSPS) is 29.3. The monoisotopic (exact) mass is 318 g/mol. The van der Waals surface area contributed by atoms with Crippen LogP contribution in [-0.2, 0) is 15.6 Å². The van der Waals surface area contributed by atoms with E-state index < -0.39 is 21.4 Å². The van der Waals surface area contributed by atoms with Crippen molar-refractivity contribution in [3.8, 4) is 0 Å². The fourth-order valence-corrected chi connectivity index (χ4v) is 5.17. The fraction of sp³-hybridized carbons (Fsp3) is 0.235. The molecular weight excluding hydrogens is 304 g/mol. The third-order valence-corrected chi connectivity index (χ3v) is 6.48. The van der Waals surface area contributed by atoms with Crippen molar-refractivity contribution in [2.24, 2.45) is 0 Å². The second-order valence-electron chi connectivity index (χ2n) is 5.13. The SMILES string of the molecule is O=C1CC(c2ccccc2)S(=O)C(c2ccccc2)C1Cl. The van der Waals surface area contributed by atoms with E-state index in [1.54, 1.807) is 0 Å². The number of hydrogen-bond acceptors (Lipinski definition) is 2. The molecule has 1 heterocycles. The van der Waals surface area contributed by atoms with Crippen molar-refractivity contribution in [3.05, 3.63) is 71.8 Å². The van der Waals surface area contributed by atoms with Crippen molar-refractivity contribution in [2.75, 3.05) is 0 Å². The van der Waals surface area contributed by atoms with E-state index in [2.05, 4.69) is 0 Å². The molecule has 21 heavy (non-hydrogen) atoms. The molecule has 4 unspecified atom stereocenters. The minimum atomic E-state index is -1.22. The van der Waals surface area contributed by atoms with Crippen LogP contribution in [0.25, 0.3) is 0 Å². The van der Waals surface area contributed by atoms with Crippen LogP contribution in [0.5, 0.6) is 0 Å². The predicted octanol–water partition coefficient (Wildman–Crippen LogP) is 3.80. The summed E-state index contributed by atoms with van der Waals surface area (Å²) in [5.74, 6) is -0.0287. The van der Waals surface area contributed by atoms with E-state index in [9.17, 15) is 9.00 Å². The van der Waals surface area contributed by atoms with Crippen LogP contribution in [0, 0.1) is 0 Å². The Labute approximate surface area is 131 Å². The van der Waals surface area contributed by atoms with Crippen LogP contribution in [0.3, 0.4) is 0 Å². The lowest BCUT2D eigenvalue weighted by atomic mass is 10.00. The first kappa shape index (κ1) is 14.5. The second kappa shape index (κ2) is 6.12. The number of alkyl halides is 1. The highest BCUT2D eigenvalue weighted by Crippen LogP contribution is 2.42. The zero-order valence-electron chi connectivity index (χ0n) is 11.3. The van der Waals surface area contributed by atoms with Gasteiger partial charge in [-0.25, -0.2) is 0 Å². The van der Waals surface area contributed by atoms with E-state index in [1.807, 2.05) is 60.7 Å². The van der Waals surface area contributed by atoms with Crippen LogP contribution < -0.4 is 0 Å². The molecule has 0 aromatic heterocycles. The van der Waals surface area contributed by atoms with Gasteiger partial charge in [0.1, 0.15) is 5.38 Å². The quantitative estimate of drug-likeness (QED) is 0.789. The molecule has 0 radical (unpaired) electrons. The number of carbonyl (C=O) groups is 1. The van der Waals surface area contributed by atoms with Crippen molar-refractivity contribution in [1.29, 1.82) is 0 Å². The van der Waals surface area contributed by atoms with Crippen LogP contribution in [0.1, 0.15) is 28.0 Å². The summed E-state index contributed by atoms with van der Waals surface area (Å²) < 4.78 is 13.0. The Balaban J connectivity index is 2.00. The maximum absolute atomic E-state index is 13.0. The van der Waals surface area contributed by atoms with Crippen LogP contribution >= 0.6 is 11.6 Å². The van der Waals surface area contributed by atoms with E-state index in [4.69, 9.17) is 11.6 Å². The van der Waals surface area contributed by atoms with Gasteiger partial charge < -0.3 is 0 Å². The molecule has 2 aromatic rings. The van der Waals surface area contributed by atoms with Gasteiger partial charge in [-0.3, -0.25) is 9.00 Å². The van der Waals surface area contributed by atoms with E-state index in [0.29, 0.717) is 0 Å². The number of carbonyl (C=O) groups excluding carboxylic acids is 1. The molecule has 0 aliphatic carbocycles. The zero-order chi connectivity index (χ0) is 14.8. The molecule has 108 valence electrons. The lowest BCUT2D eigenvalue weighted by Gasteiger charge is -2.32. The van der Waals surface area contributed by atoms with Crippen LogP contribution in [0.4, 0.5) is 0 Å². The van der Waals surface area contributed by atoms with Crippen LogP contribution in [0.2, 0.25) is 0 Å². The van der Waals surface area contributed by atoms with E-state index >= 15 is 0 Å². The summed E-state index contributed by atoms with van der Waals surface area (Å²) >= 11 is 6.27. The summed E-state index contributed by atoms with van der Waals surface area (Å²) in [5.41, 5.74) is 1.80. The number of hydrogen-bond donors (Lipinski definition) is 0. The number of halogens is 1. The molecule has 1 aliphatic heterocycles. The lowest BCUT2D eigenvalue weighted by molar-refractivity contribution is -0.119. The third-order valence-electron chi connectivity index (χ3n) is 3.79. The van der Waals surface area contributed by atoms with Crippen molar-refractivity contribution < 1.29 is 9.00 Å². The number of rotatable bonds is 2. The van der Waals surface area contributed by atoms with E-state index in [0.717, 1.165) is 11.1 Å². The summed E-state index contributed by atoms with van der Waals surface area (Å²) in [5, 5.41) is -1.44. The maximum atomic E-state index is 13.0. The summed E-state index contributed by atoms with van der Waals surface area (Å²) in [4.78, 5) is 12.2. The van der Waals surface area contributed by atoms with E-state index in [1.165, 1.54) is 0 Å². The highest BCUT2D eigenvalue weighted by Gasteiger charge is 2.42. The van der Waals surface area contributed by atoms with Crippen LogP contribution in [-0.4, -0.2) is 15.4 Å². The molecule has 0 spiro atoms. The largest absolute Gasteiger partial charge is 0.298 e. The molecule has 0 amide bonds. The van der Waals surface area contributed by atoms with E-state index in [-0.39, 0.29) is 17.5 Å². The first-order valence-electron chi connectivity index (χ1n) is 6.84. The highest BCUT2D eigenvalue weighted by molar-refractivity contribution is 7.85. The molecule has 0 N–H and O–H groups in total. The Hall–Kier alpha value is -1.45. The molecule has 1 saturated heterocycles. The molecule has 4 atom stereocenters. The molecule has 4 heteroatoms. The minimum absolute atomic E-state index is 0.0287. The molecule has 2 aromatic carbocycles. The first-order valence-corrected chi connectivity index (χ1v) is 8.56. The average molecular weight is 319 g/mol. The topological polar surface area (TPSA) is 34.1 Å². The molecule has 1 aliphatic rings. The van der Waals surface area contributed by atoms with Gasteiger partial charge in [0, 0.05) is 17.2 Å². The third kappa shape index (κ3) is 2.81. The van der Waals surface area contributed by atoms with Gasteiger partial charge in [-0.05, 0) is 11.1 Å². The molecule has 0 bridgehead atoms. The van der Waals surface area contributed by atoms with Crippen molar-refractivity contribution in [1.82, 2.24) is 0 Å². The Morgan fingerprint density at radius 1 is 0.905 bits per heavy atom. The lowest BCUT2D eigenvalue weighted by Crippen LogP contribution is -2.35. The molecular formula is C17H15ClO2S. The fourth-order valence-electron chi connectivity index (χ4n) is 2.71. The zero-order valence-corrected chi connectivity index (χ0v) is 12.9. The minimum Gasteiger partial charge on any atom is -0.298 e. The van der Waals surface area contributed by atoms with Gasteiger partial charge in [-0.2, -0.15) is 0 Å². The van der Waals surface area contributed by atoms with Gasteiger partial charge in [-0.1, -0.05) is 60.7 Å². The molecule has 0 saturated carbocycles. The Kier molecular flexibility index (Phi) is 4.22. The molecule has 1 fully saturated rings. The predicted molar refractivity (Wildman–Crippen MR) is 85.8 cm³/mol. The number of Topliss-reactive ketones (excluding diaryl/α,β-unsaturated/α-hetero) is 1. The van der Waals surface area contributed by atoms with Gasteiger partial charge >= 0.3 is 0 Å². The highest BCUT2D eigenvalue weighted by atomic mass is 35.5. The summed E-state index contributed by atoms with van der Waals surface area (Å²) in [6.45, 7) is 0. The van der Waals surface area contributed by atoms with Crippen molar-refractivity contribution >= 4 is 28.2 Å².